The van der Waals surface area contributed by atoms with Gasteiger partial charge in [-0.1, -0.05) is 0 Å². The van der Waals surface area contributed by atoms with Crippen LogP contribution >= 0.6 is 0 Å². The summed E-state index contributed by atoms with van der Waals surface area (Å²) in [6, 6.07) is 0. The lowest BCUT2D eigenvalue weighted by Gasteiger charge is -2.29. The zero-order valence-electron chi connectivity index (χ0n) is 12.6. The van der Waals surface area contributed by atoms with Crippen molar-refractivity contribution in [3.8, 4) is 0 Å². The van der Waals surface area contributed by atoms with Crippen molar-refractivity contribution < 1.29 is 13.2 Å². The minimum atomic E-state index is -3.05. The second-order valence-electron chi connectivity index (χ2n) is 5.85. The normalized spacial score (nSPS) is 26.1. The van der Waals surface area contributed by atoms with Crippen LogP contribution in [0.5, 0.6) is 0 Å². The molecular weight excluding hydrogens is 292 g/mol. The molecule has 1 unspecified atom stereocenters. The average Bonchev–Trinajstić information content (AvgIpc) is 2.95. The van der Waals surface area contributed by atoms with Crippen LogP contribution in [-0.2, 0) is 14.8 Å². The quantitative estimate of drug-likeness (QED) is 0.538. The van der Waals surface area contributed by atoms with Gasteiger partial charge in [0.2, 0.25) is 10.0 Å². The molecule has 122 valence electrons. The molecule has 1 atom stereocenters. The summed E-state index contributed by atoms with van der Waals surface area (Å²) in [6.45, 7) is 3.37. The molecule has 2 aliphatic rings. The van der Waals surface area contributed by atoms with Crippen LogP contribution in [0.25, 0.3) is 0 Å². The van der Waals surface area contributed by atoms with Gasteiger partial charge < -0.3 is 15.8 Å². The van der Waals surface area contributed by atoms with Crippen molar-refractivity contribution in [3.63, 3.8) is 0 Å². The predicted octanol–water partition coefficient (Wildman–Crippen LogP) is -0.259. The maximum absolute atomic E-state index is 11.4. The summed E-state index contributed by atoms with van der Waals surface area (Å²) in [7, 11) is -3.05. The van der Waals surface area contributed by atoms with Crippen molar-refractivity contribution in [2.45, 2.75) is 31.8 Å². The molecule has 2 fully saturated rings. The standard InChI is InChI=1S/C13H26N4O3S/c1-21(18,19)17-6-4-11(5-7-17)9-15-13(14)16-10-12-3-2-8-20-12/h11-12H,2-10H2,1H3,(H3,14,15,16). The van der Waals surface area contributed by atoms with Crippen LogP contribution < -0.4 is 11.1 Å². The number of hydrogen-bond donors (Lipinski definition) is 2. The number of rotatable bonds is 5. The summed E-state index contributed by atoms with van der Waals surface area (Å²) in [5.74, 6) is 0.863. The van der Waals surface area contributed by atoms with Crippen LogP contribution in [0.3, 0.4) is 0 Å². The van der Waals surface area contributed by atoms with Crippen molar-refractivity contribution in [1.29, 1.82) is 0 Å². The van der Waals surface area contributed by atoms with Crippen LogP contribution in [0.1, 0.15) is 25.7 Å². The van der Waals surface area contributed by atoms with E-state index in [1.165, 1.54) is 10.6 Å². The van der Waals surface area contributed by atoms with Crippen LogP contribution in [0.15, 0.2) is 4.99 Å². The van der Waals surface area contributed by atoms with E-state index in [9.17, 15) is 8.42 Å². The molecule has 8 heteroatoms. The fourth-order valence-corrected chi connectivity index (χ4v) is 3.60. The zero-order valence-corrected chi connectivity index (χ0v) is 13.4. The highest BCUT2D eigenvalue weighted by molar-refractivity contribution is 7.88. The lowest BCUT2D eigenvalue weighted by atomic mass is 9.98. The predicted molar refractivity (Wildman–Crippen MR) is 82.6 cm³/mol. The maximum atomic E-state index is 11.4. The Kier molecular flexibility index (Phi) is 5.83. The number of nitrogens with zero attached hydrogens (tertiary/aromatic N) is 2. The summed E-state index contributed by atoms with van der Waals surface area (Å²) in [6.07, 6.45) is 5.38. The first-order valence-corrected chi connectivity index (χ1v) is 9.40. The van der Waals surface area contributed by atoms with Gasteiger partial charge in [0.15, 0.2) is 5.96 Å². The fourth-order valence-electron chi connectivity index (χ4n) is 2.73. The van der Waals surface area contributed by atoms with E-state index in [1.54, 1.807) is 0 Å². The first-order chi connectivity index (χ1) is 9.95. The van der Waals surface area contributed by atoms with Crippen molar-refractivity contribution >= 4 is 16.0 Å². The van der Waals surface area contributed by atoms with Crippen molar-refractivity contribution in [3.05, 3.63) is 0 Å². The number of ether oxygens (including phenoxy) is 1. The Morgan fingerprint density at radius 2 is 2.10 bits per heavy atom. The Bertz CT molecular complexity index is 452. The SMILES string of the molecule is CS(=O)(=O)N1CCC(CN=C(N)NCC2CCCO2)CC1. The molecule has 0 radical (unpaired) electrons. The van der Waals surface area contributed by atoms with E-state index < -0.39 is 10.0 Å². The molecule has 0 saturated carbocycles. The van der Waals surface area contributed by atoms with Crippen molar-refractivity contribution in [2.75, 3.05) is 39.0 Å². The molecule has 0 amide bonds. The Hall–Kier alpha value is -0.860. The number of hydrogen-bond acceptors (Lipinski definition) is 4. The van der Waals surface area contributed by atoms with E-state index in [0.717, 1.165) is 32.3 Å². The monoisotopic (exact) mass is 318 g/mol. The summed E-state index contributed by atoms with van der Waals surface area (Å²) < 4.78 is 29.9. The third-order valence-electron chi connectivity index (χ3n) is 4.10. The summed E-state index contributed by atoms with van der Waals surface area (Å²) in [4.78, 5) is 4.36. The summed E-state index contributed by atoms with van der Waals surface area (Å²) in [5.41, 5.74) is 5.84. The van der Waals surface area contributed by atoms with Crippen LogP contribution in [0.4, 0.5) is 0 Å². The van der Waals surface area contributed by atoms with Crippen molar-refractivity contribution in [1.82, 2.24) is 9.62 Å². The maximum Gasteiger partial charge on any atom is 0.211 e. The number of piperidine rings is 1. The van der Waals surface area contributed by atoms with Gasteiger partial charge in [0.05, 0.1) is 12.4 Å². The third-order valence-corrected chi connectivity index (χ3v) is 5.40. The van der Waals surface area contributed by atoms with Crippen LogP contribution in [0, 0.1) is 5.92 Å². The number of aliphatic imine (C=N–C) groups is 1. The molecule has 7 nitrogen and oxygen atoms in total. The molecule has 2 saturated heterocycles. The molecule has 0 bridgehead atoms. The number of nitrogens with two attached hydrogens (primary N) is 1. The topological polar surface area (TPSA) is 97.0 Å². The number of nitrogens with one attached hydrogen (secondary N) is 1. The molecule has 0 aromatic heterocycles. The van der Waals surface area contributed by atoms with Gasteiger partial charge in [0.25, 0.3) is 0 Å². The van der Waals surface area contributed by atoms with Gasteiger partial charge in [-0.15, -0.1) is 0 Å². The van der Waals surface area contributed by atoms with Crippen molar-refractivity contribution in [2.24, 2.45) is 16.6 Å². The zero-order chi connectivity index (χ0) is 15.3. The van der Waals surface area contributed by atoms with Gasteiger partial charge in [0, 0.05) is 32.8 Å². The molecule has 0 aliphatic carbocycles. The van der Waals surface area contributed by atoms with E-state index in [4.69, 9.17) is 10.5 Å². The van der Waals surface area contributed by atoms with E-state index in [0.29, 0.717) is 38.1 Å². The lowest BCUT2D eigenvalue weighted by molar-refractivity contribution is 0.114. The van der Waals surface area contributed by atoms with E-state index in [1.807, 2.05) is 0 Å². The van der Waals surface area contributed by atoms with Gasteiger partial charge in [0.1, 0.15) is 0 Å². The van der Waals surface area contributed by atoms with Crippen LogP contribution in [-0.4, -0.2) is 63.8 Å². The molecule has 2 rings (SSSR count). The van der Waals surface area contributed by atoms with Crippen LogP contribution in [0.2, 0.25) is 0 Å². The Morgan fingerprint density at radius 3 is 2.67 bits per heavy atom. The highest BCUT2D eigenvalue weighted by Crippen LogP contribution is 2.19. The molecule has 0 aromatic rings. The smallest absolute Gasteiger partial charge is 0.211 e. The largest absolute Gasteiger partial charge is 0.376 e. The summed E-state index contributed by atoms with van der Waals surface area (Å²) >= 11 is 0. The molecule has 2 heterocycles. The number of sulfonamides is 1. The second-order valence-corrected chi connectivity index (χ2v) is 7.83. The minimum Gasteiger partial charge on any atom is -0.376 e. The highest BCUT2D eigenvalue weighted by atomic mass is 32.2. The second kappa shape index (κ2) is 7.42. The van der Waals surface area contributed by atoms with Gasteiger partial charge >= 0.3 is 0 Å². The molecule has 21 heavy (non-hydrogen) atoms. The third kappa shape index (κ3) is 5.44. The summed E-state index contributed by atoms with van der Waals surface area (Å²) in [5, 5.41) is 3.09. The fraction of sp³-hybridized carbons (Fsp3) is 0.923. The van der Waals surface area contributed by atoms with Gasteiger partial charge in [-0.25, -0.2) is 12.7 Å². The first-order valence-electron chi connectivity index (χ1n) is 7.55. The van der Waals surface area contributed by atoms with E-state index in [2.05, 4.69) is 10.3 Å². The molecule has 0 spiro atoms. The Morgan fingerprint density at radius 1 is 1.38 bits per heavy atom. The van der Waals surface area contributed by atoms with Gasteiger partial charge in [-0.2, -0.15) is 0 Å². The molecule has 3 N–H and O–H groups in total. The van der Waals surface area contributed by atoms with Gasteiger partial charge in [-0.3, -0.25) is 4.99 Å². The molecular formula is C13H26N4O3S. The van der Waals surface area contributed by atoms with Gasteiger partial charge in [-0.05, 0) is 31.6 Å². The Labute approximate surface area is 127 Å². The molecule has 0 aromatic carbocycles. The average molecular weight is 318 g/mol. The number of guanidine groups is 1. The Balaban J connectivity index is 1.67. The highest BCUT2D eigenvalue weighted by Gasteiger charge is 2.24. The lowest BCUT2D eigenvalue weighted by Crippen LogP contribution is -2.39. The van der Waals surface area contributed by atoms with E-state index in [-0.39, 0.29) is 6.10 Å². The molecule has 2 aliphatic heterocycles. The van der Waals surface area contributed by atoms with E-state index >= 15 is 0 Å². The minimum absolute atomic E-state index is 0.247. The first kappa shape index (κ1) is 16.5.